The summed E-state index contributed by atoms with van der Waals surface area (Å²) in [5, 5.41) is 55.5. The van der Waals surface area contributed by atoms with E-state index in [1.54, 1.807) is 12.1 Å². The molecule has 5 aromatic rings. The molecule has 0 unspecified atom stereocenters. The van der Waals surface area contributed by atoms with Gasteiger partial charge < -0.3 is 25.5 Å². The summed E-state index contributed by atoms with van der Waals surface area (Å²) in [4.78, 5) is 0. The summed E-state index contributed by atoms with van der Waals surface area (Å²) < 4.78 is 0. The van der Waals surface area contributed by atoms with Crippen LogP contribution in [-0.2, 0) is 25.7 Å². The third kappa shape index (κ3) is 6.73. The summed E-state index contributed by atoms with van der Waals surface area (Å²) >= 11 is 0. The van der Waals surface area contributed by atoms with Gasteiger partial charge in [0.2, 0.25) is 0 Å². The van der Waals surface area contributed by atoms with Crippen molar-refractivity contribution in [3.63, 3.8) is 0 Å². The molecule has 0 atom stereocenters. The van der Waals surface area contributed by atoms with E-state index in [2.05, 4.69) is 0 Å². The highest BCUT2D eigenvalue weighted by molar-refractivity contribution is 5.58. The Labute approximate surface area is 284 Å². The molecule has 0 amide bonds. The van der Waals surface area contributed by atoms with Gasteiger partial charge in [-0.2, -0.15) is 0 Å². The van der Waals surface area contributed by atoms with E-state index < -0.39 is 0 Å². The smallest absolute Gasteiger partial charge is 0.122 e. The zero-order chi connectivity index (χ0) is 35.2. The first-order chi connectivity index (χ1) is 22.5. The van der Waals surface area contributed by atoms with Crippen molar-refractivity contribution in [2.45, 2.75) is 88.0 Å². The van der Waals surface area contributed by atoms with Crippen LogP contribution < -0.4 is 0 Å². The summed E-state index contributed by atoms with van der Waals surface area (Å²) in [5.74, 6) is 1.15. The second kappa shape index (κ2) is 13.3. The topological polar surface area (TPSA) is 101 Å². The molecule has 48 heavy (non-hydrogen) atoms. The van der Waals surface area contributed by atoms with Gasteiger partial charge in [0.1, 0.15) is 28.7 Å². The van der Waals surface area contributed by atoms with Gasteiger partial charge in [-0.15, -0.1) is 0 Å². The average molecular weight is 645 g/mol. The van der Waals surface area contributed by atoms with Crippen LogP contribution in [0.1, 0.15) is 94.6 Å². The fourth-order valence-corrected chi connectivity index (χ4v) is 7.27. The van der Waals surface area contributed by atoms with Gasteiger partial charge in [-0.25, -0.2) is 0 Å². The zero-order valence-electron chi connectivity index (χ0n) is 29.7. The van der Waals surface area contributed by atoms with E-state index >= 15 is 0 Å². The zero-order valence-corrected chi connectivity index (χ0v) is 29.7. The van der Waals surface area contributed by atoms with Crippen molar-refractivity contribution < 1.29 is 25.5 Å². The third-order valence-electron chi connectivity index (χ3n) is 10.0. The minimum Gasteiger partial charge on any atom is -0.508 e. The molecule has 0 aliphatic rings. The first kappa shape index (κ1) is 34.4. The van der Waals surface area contributed by atoms with E-state index in [1.807, 2.05) is 98.7 Å². The lowest BCUT2D eigenvalue weighted by atomic mass is 9.86. The fourth-order valence-electron chi connectivity index (χ4n) is 7.27. The molecule has 0 heterocycles. The molecule has 5 nitrogen and oxygen atoms in total. The van der Waals surface area contributed by atoms with Crippen molar-refractivity contribution in [1.82, 2.24) is 0 Å². The number of phenols is 5. The second-order valence-corrected chi connectivity index (χ2v) is 13.9. The molecule has 250 valence electrons. The van der Waals surface area contributed by atoms with Gasteiger partial charge >= 0.3 is 0 Å². The van der Waals surface area contributed by atoms with Crippen LogP contribution in [0.15, 0.2) is 48.5 Å². The Hall–Kier alpha value is -4.90. The van der Waals surface area contributed by atoms with Crippen molar-refractivity contribution >= 4 is 0 Å². The average Bonchev–Trinajstić information content (AvgIpc) is 2.99. The number of phenolic OH excluding ortho intramolecular Hbond substituents is 5. The minimum absolute atomic E-state index is 0.226. The molecule has 5 heteroatoms. The highest BCUT2D eigenvalue weighted by Crippen LogP contribution is 2.39. The summed E-state index contributed by atoms with van der Waals surface area (Å²) in [6, 6.07) is 15.6. The van der Waals surface area contributed by atoms with Crippen LogP contribution in [-0.4, -0.2) is 25.5 Å². The SMILES string of the molecule is Cc1cc(C)c(Cc2c(C)c(Cc3cc(C)cc(Cc4cc(C)c(O)c(Cc5c(C)cc(C)cc5O)c4C)c3O)cc(C)c2O)c(O)c1. The molecule has 0 spiro atoms. The Kier molecular flexibility index (Phi) is 9.55. The lowest BCUT2D eigenvalue weighted by Gasteiger charge is -2.20. The Morgan fingerprint density at radius 1 is 0.333 bits per heavy atom. The molecule has 0 aromatic heterocycles. The van der Waals surface area contributed by atoms with Crippen molar-refractivity contribution in [2.75, 3.05) is 0 Å². The van der Waals surface area contributed by atoms with E-state index in [-0.39, 0.29) is 28.7 Å². The normalized spacial score (nSPS) is 11.4. The Bertz CT molecular complexity index is 1880. The van der Waals surface area contributed by atoms with Gasteiger partial charge in [-0.3, -0.25) is 0 Å². The minimum atomic E-state index is 0.226. The van der Waals surface area contributed by atoms with Gasteiger partial charge in [0.05, 0.1) is 0 Å². The Balaban J connectivity index is 1.51. The number of hydrogen-bond donors (Lipinski definition) is 5. The quantitative estimate of drug-likeness (QED) is 0.116. The van der Waals surface area contributed by atoms with E-state index in [1.165, 1.54) is 0 Å². The van der Waals surface area contributed by atoms with Gasteiger partial charge in [-0.05, 0) is 141 Å². The molecule has 0 bridgehead atoms. The van der Waals surface area contributed by atoms with Crippen LogP contribution in [0.2, 0.25) is 0 Å². The fraction of sp³-hybridized carbons (Fsp3) is 0.302. The molecule has 0 aliphatic heterocycles. The molecule has 0 saturated heterocycles. The largest absolute Gasteiger partial charge is 0.508 e. The van der Waals surface area contributed by atoms with Crippen LogP contribution in [0.3, 0.4) is 0 Å². The maximum Gasteiger partial charge on any atom is 0.122 e. The molecule has 5 N–H and O–H groups in total. The Morgan fingerprint density at radius 3 is 1.04 bits per heavy atom. The maximum absolute atomic E-state index is 11.7. The number of rotatable bonds is 8. The number of aromatic hydroxyl groups is 5. The van der Waals surface area contributed by atoms with Crippen molar-refractivity contribution in [1.29, 1.82) is 0 Å². The number of benzene rings is 5. The van der Waals surface area contributed by atoms with Crippen LogP contribution in [0.25, 0.3) is 0 Å². The van der Waals surface area contributed by atoms with Gasteiger partial charge in [0, 0.05) is 47.9 Å². The first-order valence-corrected chi connectivity index (χ1v) is 16.6. The van der Waals surface area contributed by atoms with Gasteiger partial charge in [0.15, 0.2) is 0 Å². The van der Waals surface area contributed by atoms with Crippen LogP contribution >= 0.6 is 0 Å². The molecule has 0 fully saturated rings. The highest BCUT2D eigenvalue weighted by Gasteiger charge is 2.21. The van der Waals surface area contributed by atoms with E-state index in [4.69, 9.17) is 0 Å². The predicted octanol–water partition coefficient (Wildman–Crippen LogP) is 9.35. The number of hydrogen-bond acceptors (Lipinski definition) is 5. The third-order valence-corrected chi connectivity index (χ3v) is 10.0. The van der Waals surface area contributed by atoms with Crippen LogP contribution in [0, 0.1) is 62.3 Å². The molecule has 0 aliphatic carbocycles. The predicted molar refractivity (Wildman–Crippen MR) is 194 cm³/mol. The van der Waals surface area contributed by atoms with Crippen LogP contribution in [0.4, 0.5) is 0 Å². The lowest BCUT2D eigenvalue weighted by molar-refractivity contribution is 0.458. The second-order valence-electron chi connectivity index (χ2n) is 13.9. The molecular weight excluding hydrogens is 596 g/mol. The van der Waals surface area contributed by atoms with E-state index in [9.17, 15) is 25.5 Å². The van der Waals surface area contributed by atoms with Gasteiger partial charge in [0.25, 0.3) is 0 Å². The summed E-state index contributed by atoms with van der Waals surface area (Å²) in [5.41, 5.74) is 15.1. The van der Waals surface area contributed by atoms with E-state index in [0.717, 1.165) is 94.6 Å². The molecule has 5 rings (SSSR count). The lowest BCUT2D eigenvalue weighted by Crippen LogP contribution is -2.05. The van der Waals surface area contributed by atoms with Gasteiger partial charge in [-0.1, -0.05) is 42.0 Å². The molecular formula is C43H48O5. The van der Waals surface area contributed by atoms with E-state index in [0.29, 0.717) is 25.7 Å². The monoisotopic (exact) mass is 644 g/mol. The van der Waals surface area contributed by atoms with Crippen LogP contribution in [0.5, 0.6) is 28.7 Å². The summed E-state index contributed by atoms with van der Waals surface area (Å²) in [6.45, 7) is 17.6. The Morgan fingerprint density at radius 2 is 0.688 bits per heavy atom. The summed E-state index contributed by atoms with van der Waals surface area (Å²) in [7, 11) is 0. The first-order valence-electron chi connectivity index (χ1n) is 16.6. The molecule has 0 radical (unpaired) electrons. The van der Waals surface area contributed by atoms with Crippen molar-refractivity contribution in [2.24, 2.45) is 0 Å². The van der Waals surface area contributed by atoms with Crippen molar-refractivity contribution in [3.05, 3.63) is 143 Å². The molecule has 5 aromatic carbocycles. The van der Waals surface area contributed by atoms with Crippen molar-refractivity contribution in [3.8, 4) is 28.7 Å². The molecule has 0 saturated carbocycles. The number of aryl methyl sites for hydroxylation is 7. The maximum atomic E-state index is 11.7. The highest BCUT2D eigenvalue weighted by atomic mass is 16.3. The summed E-state index contributed by atoms with van der Waals surface area (Å²) in [6.07, 6.45) is 1.75. The standard InChI is InChI=1S/C43H48O5/c1-22-10-25(4)35(39(44)14-22)20-37-29(8)31(16-27(6)41(37)46)18-33-12-24(3)13-34(43(33)48)19-32-17-28(7)42(47)38(30(32)9)21-36-26(5)11-23(2)15-40(36)45/h10-17,44-48H,18-21H2,1-9H3.